The van der Waals surface area contributed by atoms with Gasteiger partial charge in [0.05, 0.1) is 25.3 Å². The van der Waals surface area contributed by atoms with Crippen LogP contribution in [0.3, 0.4) is 0 Å². The lowest BCUT2D eigenvalue weighted by Crippen LogP contribution is -2.31. The monoisotopic (exact) mass is 439 g/mol. The van der Waals surface area contributed by atoms with Crippen molar-refractivity contribution in [2.24, 2.45) is 0 Å². The fourth-order valence-corrected chi connectivity index (χ4v) is 3.93. The van der Waals surface area contributed by atoms with E-state index in [-0.39, 0.29) is 11.3 Å². The number of aliphatic hydroxyl groups is 1. The topological polar surface area (TPSA) is 85.3 Å². The number of amides is 1. The Morgan fingerprint density at radius 3 is 2.41 bits per heavy atom. The molecule has 1 N–H and O–H groups in total. The Morgan fingerprint density at radius 2 is 1.81 bits per heavy atom. The number of carbonyl (C=O) groups excluding carboxylic acids is 2. The summed E-state index contributed by atoms with van der Waals surface area (Å²) < 4.78 is 15.9. The quantitative estimate of drug-likeness (QED) is 0.276. The van der Waals surface area contributed by atoms with Crippen molar-refractivity contribution in [2.75, 3.05) is 34.0 Å². The van der Waals surface area contributed by atoms with E-state index in [1.54, 1.807) is 44.6 Å². The van der Waals surface area contributed by atoms with E-state index in [2.05, 4.69) is 0 Å². The molecule has 0 radical (unpaired) electrons. The molecule has 7 heteroatoms. The summed E-state index contributed by atoms with van der Waals surface area (Å²) in [5.41, 5.74) is 2.05. The van der Waals surface area contributed by atoms with Crippen LogP contribution >= 0.6 is 0 Å². The molecule has 170 valence electrons. The number of Topliss-reactive ketones (excluding diaryl/α,β-unsaturated/α-hetero) is 1. The molecule has 1 amide bonds. The van der Waals surface area contributed by atoms with Crippen LogP contribution < -0.4 is 9.47 Å². The summed E-state index contributed by atoms with van der Waals surface area (Å²) in [6.07, 6.45) is 0.568. The first-order valence-electron chi connectivity index (χ1n) is 10.6. The second kappa shape index (κ2) is 10.3. The fourth-order valence-electron chi connectivity index (χ4n) is 3.93. The summed E-state index contributed by atoms with van der Waals surface area (Å²) in [4.78, 5) is 27.4. The first kappa shape index (κ1) is 23.3. The number of benzene rings is 2. The third kappa shape index (κ3) is 4.62. The number of likely N-dealkylation sites (tertiary alicyclic amines) is 1. The number of hydrogen-bond acceptors (Lipinski definition) is 6. The van der Waals surface area contributed by atoms with Crippen LogP contribution in [-0.2, 0) is 14.3 Å². The van der Waals surface area contributed by atoms with Crippen LogP contribution in [0.5, 0.6) is 11.5 Å². The maximum absolute atomic E-state index is 13.0. The first-order valence-corrected chi connectivity index (χ1v) is 10.6. The first-order chi connectivity index (χ1) is 15.4. The second-order valence-electron chi connectivity index (χ2n) is 7.53. The Kier molecular flexibility index (Phi) is 7.53. The van der Waals surface area contributed by atoms with Crippen molar-refractivity contribution in [3.8, 4) is 11.5 Å². The summed E-state index contributed by atoms with van der Waals surface area (Å²) >= 11 is 0. The zero-order valence-electron chi connectivity index (χ0n) is 18.9. The van der Waals surface area contributed by atoms with Crippen molar-refractivity contribution >= 4 is 17.4 Å². The van der Waals surface area contributed by atoms with Gasteiger partial charge in [-0.25, -0.2) is 0 Å². The molecule has 1 fully saturated rings. The van der Waals surface area contributed by atoms with Gasteiger partial charge in [-0.15, -0.1) is 0 Å². The molecule has 1 aliphatic rings. The highest BCUT2D eigenvalue weighted by Crippen LogP contribution is 2.40. The molecule has 0 saturated carbocycles. The predicted octanol–water partition coefficient (Wildman–Crippen LogP) is 3.86. The number of methoxy groups -OCH3 is 2. The maximum Gasteiger partial charge on any atom is 0.295 e. The van der Waals surface area contributed by atoms with Crippen LogP contribution in [0.15, 0.2) is 48.0 Å². The highest BCUT2D eigenvalue weighted by molar-refractivity contribution is 6.46. The van der Waals surface area contributed by atoms with Gasteiger partial charge in [0.2, 0.25) is 0 Å². The summed E-state index contributed by atoms with van der Waals surface area (Å²) in [6, 6.07) is 11.7. The molecule has 0 spiro atoms. The molecular formula is C25H29NO6. The number of aryl methyl sites for hydroxylation is 1. The number of ketones is 1. The van der Waals surface area contributed by atoms with E-state index in [1.807, 2.05) is 26.0 Å². The molecule has 1 heterocycles. The van der Waals surface area contributed by atoms with Crippen molar-refractivity contribution in [1.29, 1.82) is 0 Å². The molecule has 0 aliphatic carbocycles. The molecule has 1 aliphatic heterocycles. The molecule has 2 aromatic carbocycles. The minimum absolute atomic E-state index is 0.0705. The van der Waals surface area contributed by atoms with E-state index in [0.717, 1.165) is 11.1 Å². The lowest BCUT2D eigenvalue weighted by atomic mass is 9.94. The van der Waals surface area contributed by atoms with Gasteiger partial charge in [0.25, 0.3) is 11.7 Å². The van der Waals surface area contributed by atoms with Crippen molar-refractivity contribution in [3.05, 3.63) is 64.7 Å². The Hall–Kier alpha value is -3.32. The number of nitrogens with zero attached hydrogens (tertiary/aromatic N) is 1. The minimum Gasteiger partial charge on any atom is -0.507 e. The Balaban J connectivity index is 2.10. The van der Waals surface area contributed by atoms with Crippen molar-refractivity contribution in [2.45, 2.75) is 26.3 Å². The van der Waals surface area contributed by atoms with Crippen molar-refractivity contribution in [1.82, 2.24) is 4.90 Å². The fraction of sp³-hybridized carbons (Fsp3) is 0.360. The molecule has 1 unspecified atom stereocenters. The average Bonchev–Trinajstić information content (AvgIpc) is 3.04. The molecule has 3 rings (SSSR count). The Morgan fingerprint density at radius 1 is 1.09 bits per heavy atom. The number of rotatable bonds is 9. The second-order valence-corrected chi connectivity index (χ2v) is 7.53. The normalized spacial score (nSPS) is 17.6. The van der Waals surface area contributed by atoms with Crippen molar-refractivity contribution in [3.63, 3.8) is 0 Å². The lowest BCUT2D eigenvalue weighted by molar-refractivity contribution is -0.140. The van der Waals surface area contributed by atoms with Crippen molar-refractivity contribution < 1.29 is 28.9 Å². The largest absolute Gasteiger partial charge is 0.507 e. The van der Waals surface area contributed by atoms with Gasteiger partial charge in [0, 0.05) is 25.8 Å². The SMILES string of the molecule is CCOc1ccc(C2C(=C(O)c3ccc(OC)c(C)c3)C(=O)C(=O)N2CCCOC)cc1. The average molecular weight is 440 g/mol. The van der Waals surface area contributed by atoms with E-state index in [4.69, 9.17) is 14.2 Å². The lowest BCUT2D eigenvalue weighted by Gasteiger charge is -2.25. The zero-order chi connectivity index (χ0) is 23.3. The third-order valence-corrected chi connectivity index (χ3v) is 5.46. The van der Waals surface area contributed by atoms with Gasteiger partial charge in [-0.2, -0.15) is 0 Å². The van der Waals surface area contributed by atoms with Crippen LogP contribution in [0.25, 0.3) is 5.76 Å². The van der Waals surface area contributed by atoms with Gasteiger partial charge in [-0.1, -0.05) is 12.1 Å². The number of ether oxygens (including phenoxy) is 3. The van der Waals surface area contributed by atoms with Gasteiger partial charge in [-0.05, 0) is 61.7 Å². The summed E-state index contributed by atoms with van der Waals surface area (Å²) in [7, 11) is 3.16. The molecule has 1 saturated heterocycles. The molecule has 0 aromatic heterocycles. The molecule has 7 nitrogen and oxygen atoms in total. The summed E-state index contributed by atoms with van der Waals surface area (Å²) in [5, 5.41) is 11.1. The van der Waals surface area contributed by atoms with Crippen LogP contribution in [0.4, 0.5) is 0 Å². The number of hydrogen-bond donors (Lipinski definition) is 1. The smallest absolute Gasteiger partial charge is 0.295 e. The molecule has 2 aromatic rings. The molecule has 32 heavy (non-hydrogen) atoms. The molecule has 0 bridgehead atoms. The zero-order valence-corrected chi connectivity index (χ0v) is 18.9. The van der Waals surface area contributed by atoms with E-state index in [9.17, 15) is 14.7 Å². The van der Waals surface area contributed by atoms with Gasteiger partial charge in [-0.3, -0.25) is 9.59 Å². The van der Waals surface area contributed by atoms with Crippen LogP contribution in [0.1, 0.15) is 36.1 Å². The Labute approximate surface area is 188 Å². The summed E-state index contributed by atoms with van der Waals surface area (Å²) in [6.45, 7) is 5.06. The highest BCUT2D eigenvalue weighted by atomic mass is 16.5. The maximum atomic E-state index is 13.0. The van der Waals surface area contributed by atoms with Crippen LogP contribution in [0.2, 0.25) is 0 Å². The van der Waals surface area contributed by atoms with Gasteiger partial charge >= 0.3 is 0 Å². The minimum atomic E-state index is -0.704. The molecule has 1 atom stereocenters. The standard InChI is InChI=1S/C25H29NO6/c1-5-32-19-10-7-17(8-11-19)22-21(24(28)25(29)26(22)13-6-14-30-3)23(27)18-9-12-20(31-4)16(2)15-18/h7-12,15,22,27H,5-6,13-14H2,1-4H3. The van der Waals surface area contributed by atoms with E-state index < -0.39 is 17.7 Å². The van der Waals surface area contributed by atoms with E-state index >= 15 is 0 Å². The Bertz CT molecular complexity index is 1010. The predicted molar refractivity (Wildman–Crippen MR) is 121 cm³/mol. The molecular weight excluding hydrogens is 410 g/mol. The highest BCUT2D eigenvalue weighted by Gasteiger charge is 2.45. The third-order valence-electron chi connectivity index (χ3n) is 5.46. The number of carbonyl (C=O) groups is 2. The van der Waals surface area contributed by atoms with Crippen LogP contribution in [-0.4, -0.2) is 55.7 Å². The van der Waals surface area contributed by atoms with Gasteiger partial charge in [0.1, 0.15) is 17.3 Å². The summed E-state index contributed by atoms with van der Waals surface area (Å²) in [5.74, 6) is -0.177. The van der Waals surface area contributed by atoms with E-state index in [0.29, 0.717) is 43.2 Å². The van der Waals surface area contributed by atoms with Gasteiger partial charge < -0.3 is 24.2 Å². The van der Waals surface area contributed by atoms with Crippen LogP contribution in [0, 0.1) is 6.92 Å². The number of aliphatic hydroxyl groups excluding tert-OH is 1. The van der Waals surface area contributed by atoms with Gasteiger partial charge in [0.15, 0.2) is 0 Å². The van der Waals surface area contributed by atoms with E-state index in [1.165, 1.54) is 4.90 Å².